The molecule has 2 aliphatic rings. The Bertz CT molecular complexity index is 1450. The van der Waals surface area contributed by atoms with Gasteiger partial charge in [-0.25, -0.2) is 0 Å². The summed E-state index contributed by atoms with van der Waals surface area (Å²) in [6.07, 6.45) is 5.45. The molecule has 6 rings (SSSR count). The van der Waals surface area contributed by atoms with Crippen LogP contribution in [0.5, 0.6) is 0 Å². The largest absolute Gasteiger partial charge is 0.312 e. The number of allylic oxidation sites excluding steroid dienone is 3. The molecule has 170 valence electrons. The fourth-order valence-electron chi connectivity index (χ4n) is 5.90. The maximum Gasteiger partial charge on any atom is 0.247 e. The van der Waals surface area contributed by atoms with Gasteiger partial charge in [0, 0.05) is 34.1 Å². The lowest BCUT2D eigenvalue weighted by Crippen LogP contribution is -2.56. The van der Waals surface area contributed by atoms with E-state index in [1.165, 1.54) is 56.1 Å². The monoisotopic (exact) mass is 452 g/mol. The van der Waals surface area contributed by atoms with Crippen molar-refractivity contribution in [2.45, 2.75) is 27.2 Å². The molecular formula is C32H29BN2. The number of para-hydroxylation sites is 3. The molecular weight excluding hydrogens is 423 g/mol. The lowest BCUT2D eigenvalue weighted by Gasteiger charge is -2.45. The predicted molar refractivity (Wildman–Crippen MR) is 152 cm³/mol. The van der Waals surface area contributed by atoms with Gasteiger partial charge in [-0.2, -0.15) is 0 Å². The summed E-state index contributed by atoms with van der Waals surface area (Å²) in [4.78, 5) is 4.93. The molecule has 0 spiro atoms. The topological polar surface area (TPSA) is 6.48 Å². The first kappa shape index (κ1) is 21.6. The Balaban J connectivity index is 1.74. The second-order valence-electron chi connectivity index (χ2n) is 9.26. The Morgan fingerprint density at radius 2 is 1.34 bits per heavy atom. The van der Waals surface area contributed by atoms with E-state index in [9.17, 15) is 0 Å². The first-order valence-corrected chi connectivity index (χ1v) is 12.5. The van der Waals surface area contributed by atoms with Crippen LogP contribution in [0.25, 0.3) is 0 Å². The highest BCUT2D eigenvalue weighted by atomic mass is 15.2. The van der Waals surface area contributed by atoms with E-state index in [4.69, 9.17) is 0 Å². The minimum Gasteiger partial charge on any atom is -0.312 e. The van der Waals surface area contributed by atoms with Crippen LogP contribution in [0, 0.1) is 6.92 Å². The van der Waals surface area contributed by atoms with E-state index in [2.05, 4.69) is 140 Å². The number of rotatable bonds is 4. The van der Waals surface area contributed by atoms with Crippen molar-refractivity contribution in [2.24, 2.45) is 0 Å². The van der Waals surface area contributed by atoms with E-state index in [0.717, 1.165) is 6.42 Å². The predicted octanol–water partition coefficient (Wildman–Crippen LogP) is 7.32. The van der Waals surface area contributed by atoms with Gasteiger partial charge in [0.15, 0.2) is 0 Å². The second kappa shape index (κ2) is 8.67. The first-order chi connectivity index (χ1) is 17.2. The summed E-state index contributed by atoms with van der Waals surface area (Å²) in [6, 6.07) is 35.1. The van der Waals surface area contributed by atoms with Crippen molar-refractivity contribution < 1.29 is 0 Å². The molecule has 0 N–H and O–H groups in total. The van der Waals surface area contributed by atoms with Crippen molar-refractivity contribution in [3.63, 3.8) is 0 Å². The van der Waals surface area contributed by atoms with Crippen molar-refractivity contribution in [3.05, 3.63) is 126 Å². The summed E-state index contributed by atoms with van der Waals surface area (Å²) >= 11 is 0. The van der Waals surface area contributed by atoms with E-state index >= 15 is 0 Å². The highest BCUT2D eigenvalue weighted by molar-refractivity contribution is 6.95. The van der Waals surface area contributed by atoms with Crippen LogP contribution in [0.4, 0.5) is 28.4 Å². The molecule has 0 fully saturated rings. The Morgan fingerprint density at radius 1 is 0.714 bits per heavy atom. The molecule has 0 saturated carbocycles. The molecule has 2 heterocycles. The fraction of sp³-hybridized carbons (Fsp3) is 0.125. The van der Waals surface area contributed by atoms with Crippen LogP contribution in [0.2, 0.25) is 0 Å². The molecule has 3 heteroatoms. The Morgan fingerprint density at radius 3 is 2.00 bits per heavy atom. The highest BCUT2D eigenvalue weighted by Crippen LogP contribution is 2.45. The summed E-state index contributed by atoms with van der Waals surface area (Å²) in [5.74, 6) is 0. The zero-order valence-corrected chi connectivity index (χ0v) is 20.6. The van der Waals surface area contributed by atoms with Crippen LogP contribution in [0.1, 0.15) is 25.8 Å². The average Bonchev–Trinajstić information content (AvgIpc) is 2.91. The third-order valence-corrected chi connectivity index (χ3v) is 7.29. The molecule has 4 aromatic carbocycles. The quantitative estimate of drug-likeness (QED) is 0.300. The Kier molecular flexibility index (Phi) is 5.34. The third-order valence-electron chi connectivity index (χ3n) is 7.29. The van der Waals surface area contributed by atoms with Crippen LogP contribution in [-0.2, 0) is 0 Å². The summed E-state index contributed by atoms with van der Waals surface area (Å²) in [5.41, 5.74) is 13.1. The minimum absolute atomic E-state index is 0.229. The van der Waals surface area contributed by atoms with Crippen molar-refractivity contribution >= 4 is 46.1 Å². The zero-order chi connectivity index (χ0) is 23.9. The second-order valence-corrected chi connectivity index (χ2v) is 9.26. The summed E-state index contributed by atoms with van der Waals surface area (Å²) < 4.78 is 0. The number of anilines is 5. The molecule has 35 heavy (non-hydrogen) atoms. The molecule has 0 atom stereocenters. The molecule has 2 aliphatic heterocycles. The van der Waals surface area contributed by atoms with Gasteiger partial charge < -0.3 is 9.80 Å². The number of fused-ring (bicyclic) bond motifs is 2. The molecule has 2 nitrogen and oxygen atoms in total. The average molecular weight is 452 g/mol. The first-order valence-electron chi connectivity index (χ1n) is 12.5. The van der Waals surface area contributed by atoms with E-state index in [0.29, 0.717) is 0 Å². The van der Waals surface area contributed by atoms with E-state index in [-0.39, 0.29) is 6.71 Å². The fourth-order valence-corrected chi connectivity index (χ4v) is 5.90. The summed E-state index contributed by atoms with van der Waals surface area (Å²) in [7, 11) is 0. The van der Waals surface area contributed by atoms with E-state index in [1.54, 1.807) is 0 Å². The standard InChI is InChI=1S/C32H29BN2/c1-4-14-28-26(5-2)33-27-19-12-13-20-29(27)35(25-17-10-7-11-18-25)32-23(3)21-22-30(31(32)33)34(28)24-15-8-6-9-16-24/h4,6-22H,5H2,1-3H3/b14-4-. The molecule has 0 amide bonds. The Hall–Kier alpha value is -3.98. The molecule has 0 aromatic heterocycles. The summed E-state index contributed by atoms with van der Waals surface area (Å²) in [6.45, 7) is 6.90. The van der Waals surface area contributed by atoms with Gasteiger partial charge >= 0.3 is 0 Å². The van der Waals surface area contributed by atoms with Crippen LogP contribution in [0.15, 0.2) is 120 Å². The molecule has 4 aromatic rings. The number of hydrogen-bond acceptors (Lipinski definition) is 2. The van der Waals surface area contributed by atoms with Gasteiger partial charge in [-0.05, 0) is 79.2 Å². The molecule has 0 aliphatic carbocycles. The highest BCUT2D eigenvalue weighted by Gasteiger charge is 2.43. The number of aryl methyl sites for hydroxylation is 1. The van der Waals surface area contributed by atoms with Crippen LogP contribution in [-0.4, -0.2) is 6.71 Å². The minimum atomic E-state index is 0.229. The van der Waals surface area contributed by atoms with Crippen molar-refractivity contribution in [2.75, 3.05) is 9.80 Å². The summed E-state index contributed by atoms with van der Waals surface area (Å²) in [5, 5.41) is 0. The van der Waals surface area contributed by atoms with Crippen LogP contribution < -0.4 is 20.7 Å². The maximum absolute atomic E-state index is 2.47. The van der Waals surface area contributed by atoms with Crippen molar-refractivity contribution in [3.8, 4) is 0 Å². The Labute approximate surface area is 208 Å². The van der Waals surface area contributed by atoms with Gasteiger partial charge in [0.25, 0.3) is 0 Å². The van der Waals surface area contributed by atoms with Gasteiger partial charge in [-0.1, -0.05) is 79.1 Å². The number of benzene rings is 4. The van der Waals surface area contributed by atoms with Gasteiger partial charge in [-0.15, -0.1) is 0 Å². The normalized spacial score (nSPS) is 14.4. The lowest BCUT2D eigenvalue weighted by molar-refractivity contribution is 1.09. The molecule has 0 radical (unpaired) electrons. The lowest BCUT2D eigenvalue weighted by atomic mass is 9.32. The van der Waals surface area contributed by atoms with Crippen LogP contribution in [0.3, 0.4) is 0 Å². The van der Waals surface area contributed by atoms with E-state index in [1.807, 2.05) is 0 Å². The van der Waals surface area contributed by atoms with Crippen LogP contribution >= 0.6 is 0 Å². The zero-order valence-electron chi connectivity index (χ0n) is 20.6. The number of hydrogen-bond donors (Lipinski definition) is 0. The van der Waals surface area contributed by atoms with Gasteiger partial charge in [0.2, 0.25) is 6.71 Å². The van der Waals surface area contributed by atoms with Gasteiger partial charge in [0.05, 0.1) is 0 Å². The maximum atomic E-state index is 2.47. The van der Waals surface area contributed by atoms with E-state index < -0.39 is 0 Å². The molecule has 0 bridgehead atoms. The smallest absolute Gasteiger partial charge is 0.247 e. The van der Waals surface area contributed by atoms with Gasteiger partial charge in [-0.3, -0.25) is 0 Å². The molecule has 0 saturated heterocycles. The molecule has 0 unspecified atom stereocenters. The van der Waals surface area contributed by atoms with Crippen molar-refractivity contribution in [1.29, 1.82) is 0 Å². The number of nitrogens with zero attached hydrogens (tertiary/aromatic N) is 2. The van der Waals surface area contributed by atoms with Gasteiger partial charge in [0.1, 0.15) is 0 Å². The SMILES string of the molecule is C/C=C\C1=C(CC)B2c3ccccc3N(c3ccccc3)c3c(C)ccc(c32)N1c1ccccc1. The van der Waals surface area contributed by atoms with Crippen molar-refractivity contribution in [1.82, 2.24) is 0 Å². The third kappa shape index (κ3) is 3.26.